The van der Waals surface area contributed by atoms with Crippen LogP contribution < -0.4 is 9.05 Å². The Morgan fingerprint density at radius 3 is 1.65 bits per heavy atom. The fourth-order valence-corrected chi connectivity index (χ4v) is 3.35. The fraction of sp³-hybridized carbons (Fsp3) is 0.0476. The van der Waals surface area contributed by atoms with Crippen LogP contribution in [-0.2, 0) is 9.09 Å². The molecule has 0 unspecified atom stereocenters. The number of para-hydroxylation sites is 2. The number of rotatable bonds is 8. The van der Waals surface area contributed by atoms with Gasteiger partial charge in [0.1, 0.15) is 11.5 Å². The van der Waals surface area contributed by atoms with E-state index in [9.17, 15) is 4.57 Å². The molecule has 4 nitrogen and oxygen atoms in total. The van der Waals surface area contributed by atoms with Crippen LogP contribution in [0.4, 0.5) is 0 Å². The maximum Gasteiger partial charge on any atom is 0.587 e. The molecule has 0 amide bonds. The predicted molar refractivity (Wildman–Crippen MR) is 103 cm³/mol. The summed E-state index contributed by atoms with van der Waals surface area (Å²) in [7, 11) is -3.84. The standard InChI is InChI=1S/C21H19O4P/c22-26(24-20-14-6-2-7-15-20,25-21-16-8-3-9-17-21)23-18-10-13-19-11-4-1-5-12-19/h1-17H,18H2/b13-10+. The van der Waals surface area contributed by atoms with Gasteiger partial charge < -0.3 is 9.05 Å². The van der Waals surface area contributed by atoms with E-state index in [2.05, 4.69) is 0 Å². The molecular formula is C21H19O4P. The lowest BCUT2D eigenvalue weighted by Crippen LogP contribution is -2.05. The van der Waals surface area contributed by atoms with E-state index >= 15 is 0 Å². The summed E-state index contributed by atoms with van der Waals surface area (Å²) >= 11 is 0. The second-order valence-corrected chi connectivity index (χ2v) is 6.88. The lowest BCUT2D eigenvalue weighted by Gasteiger charge is -2.18. The van der Waals surface area contributed by atoms with E-state index in [0.29, 0.717) is 11.5 Å². The molecule has 0 atom stereocenters. The summed E-state index contributed by atoms with van der Waals surface area (Å²) in [6, 6.07) is 27.4. The maximum atomic E-state index is 13.1. The van der Waals surface area contributed by atoms with Crippen molar-refractivity contribution in [3.63, 3.8) is 0 Å². The molecule has 0 saturated heterocycles. The van der Waals surface area contributed by atoms with Gasteiger partial charge in [0, 0.05) is 0 Å². The highest BCUT2D eigenvalue weighted by molar-refractivity contribution is 7.49. The lowest BCUT2D eigenvalue weighted by molar-refractivity contribution is 0.229. The molecule has 0 aliphatic rings. The van der Waals surface area contributed by atoms with Crippen molar-refractivity contribution in [2.45, 2.75) is 0 Å². The van der Waals surface area contributed by atoms with Crippen molar-refractivity contribution in [2.24, 2.45) is 0 Å². The molecule has 0 N–H and O–H groups in total. The molecule has 0 aromatic heterocycles. The van der Waals surface area contributed by atoms with Gasteiger partial charge in [0.05, 0.1) is 6.61 Å². The molecule has 0 heterocycles. The van der Waals surface area contributed by atoms with Crippen molar-refractivity contribution in [3.05, 3.63) is 103 Å². The van der Waals surface area contributed by atoms with Gasteiger partial charge >= 0.3 is 7.82 Å². The van der Waals surface area contributed by atoms with Gasteiger partial charge in [-0.15, -0.1) is 0 Å². The normalized spacial score (nSPS) is 11.4. The number of phosphoric ester groups is 1. The third-order valence-corrected chi connectivity index (χ3v) is 4.69. The first-order chi connectivity index (χ1) is 12.7. The Balaban J connectivity index is 1.70. The van der Waals surface area contributed by atoms with Crippen molar-refractivity contribution >= 4 is 13.9 Å². The van der Waals surface area contributed by atoms with Crippen LogP contribution >= 0.6 is 7.82 Å². The van der Waals surface area contributed by atoms with E-state index in [4.69, 9.17) is 13.6 Å². The molecule has 0 saturated carbocycles. The van der Waals surface area contributed by atoms with E-state index in [0.717, 1.165) is 5.56 Å². The van der Waals surface area contributed by atoms with E-state index in [1.807, 2.05) is 48.5 Å². The van der Waals surface area contributed by atoms with Gasteiger partial charge in [0.2, 0.25) is 0 Å². The molecule has 0 spiro atoms. The highest BCUT2D eigenvalue weighted by atomic mass is 31.2. The highest BCUT2D eigenvalue weighted by Crippen LogP contribution is 2.49. The molecule has 3 rings (SSSR count). The topological polar surface area (TPSA) is 44.8 Å². The average Bonchev–Trinajstić information content (AvgIpc) is 2.68. The van der Waals surface area contributed by atoms with Crippen molar-refractivity contribution in [2.75, 3.05) is 6.61 Å². The highest BCUT2D eigenvalue weighted by Gasteiger charge is 2.30. The van der Waals surface area contributed by atoms with Gasteiger partial charge in [-0.25, -0.2) is 4.57 Å². The zero-order chi connectivity index (χ0) is 18.1. The first-order valence-electron chi connectivity index (χ1n) is 8.19. The van der Waals surface area contributed by atoms with Crippen LogP contribution in [0.15, 0.2) is 97.1 Å². The van der Waals surface area contributed by atoms with Crippen molar-refractivity contribution in [1.29, 1.82) is 0 Å². The maximum absolute atomic E-state index is 13.1. The van der Waals surface area contributed by atoms with Crippen molar-refractivity contribution in [1.82, 2.24) is 0 Å². The predicted octanol–water partition coefficient (Wildman–Crippen LogP) is 5.98. The van der Waals surface area contributed by atoms with Crippen LogP contribution in [0.3, 0.4) is 0 Å². The molecule has 0 aliphatic carbocycles. The summed E-state index contributed by atoms with van der Waals surface area (Å²) in [5, 5.41) is 0. The van der Waals surface area contributed by atoms with Crippen LogP contribution in [0.2, 0.25) is 0 Å². The molecule has 0 aliphatic heterocycles. The smallest absolute Gasteiger partial charge is 0.395 e. The largest absolute Gasteiger partial charge is 0.587 e. The zero-order valence-corrected chi connectivity index (χ0v) is 15.0. The second-order valence-electron chi connectivity index (χ2n) is 5.36. The summed E-state index contributed by atoms with van der Waals surface area (Å²) in [4.78, 5) is 0. The van der Waals surface area contributed by atoms with E-state index in [1.165, 1.54) is 0 Å². The Morgan fingerprint density at radius 2 is 1.15 bits per heavy atom. The molecular weight excluding hydrogens is 347 g/mol. The van der Waals surface area contributed by atoms with E-state index in [1.54, 1.807) is 54.6 Å². The average molecular weight is 366 g/mol. The fourth-order valence-electron chi connectivity index (χ4n) is 2.17. The molecule has 26 heavy (non-hydrogen) atoms. The summed E-state index contributed by atoms with van der Waals surface area (Å²) < 4.78 is 29.6. The van der Waals surface area contributed by atoms with Gasteiger partial charge in [-0.3, -0.25) is 4.52 Å². The quantitative estimate of drug-likeness (QED) is 0.460. The summed E-state index contributed by atoms with van der Waals surface area (Å²) in [5.74, 6) is 0.831. The summed E-state index contributed by atoms with van der Waals surface area (Å²) in [6.45, 7) is 0.0891. The lowest BCUT2D eigenvalue weighted by atomic mass is 10.2. The van der Waals surface area contributed by atoms with Gasteiger partial charge in [-0.2, -0.15) is 0 Å². The molecule has 0 radical (unpaired) electrons. The minimum atomic E-state index is -3.84. The van der Waals surface area contributed by atoms with Gasteiger partial charge in [-0.05, 0) is 29.8 Å². The second kappa shape index (κ2) is 9.04. The zero-order valence-electron chi connectivity index (χ0n) is 14.1. The van der Waals surface area contributed by atoms with Gasteiger partial charge in [0.15, 0.2) is 0 Å². The van der Waals surface area contributed by atoms with E-state index in [-0.39, 0.29) is 6.61 Å². The Bertz CT molecular complexity index is 819. The van der Waals surface area contributed by atoms with Crippen LogP contribution in [0.5, 0.6) is 11.5 Å². The minimum Gasteiger partial charge on any atom is -0.395 e. The Kier molecular flexibility index (Phi) is 6.26. The Hall–Kier alpha value is -2.81. The van der Waals surface area contributed by atoms with Crippen LogP contribution in [0.1, 0.15) is 5.56 Å². The summed E-state index contributed by atoms with van der Waals surface area (Å²) in [5.41, 5.74) is 1.03. The monoisotopic (exact) mass is 366 g/mol. The number of benzene rings is 3. The molecule has 5 heteroatoms. The molecule has 3 aromatic carbocycles. The van der Waals surface area contributed by atoms with E-state index < -0.39 is 7.82 Å². The molecule has 132 valence electrons. The minimum absolute atomic E-state index is 0.0891. The van der Waals surface area contributed by atoms with Gasteiger partial charge in [0.25, 0.3) is 0 Å². The number of hydrogen-bond donors (Lipinski definition) is 0. The van der Waals surface area contributed by atoms with Crippen LogP contribution in [0.25, 0.3) is 6.08 Å². The van der Waals surface area contributed by atoms with Crippen LogP contribution in [-0.4, -0.2) is 6.61 Å². The first-order valence-corrected chi connectivity index (χ1v) is 9.65. The first kappa shape index (κ1) is 18.0. The number of phosphoric acid groups is 1. The third-order valence-electron chi connectivity index (χ3n) is 3.36. The van der Waals surface area contributed by atoms with Crippen LogP contribution in [0, 0.1) is 0 Å². The number of hydrogen-bond acceptors (Lipinski definition) is 4. The Labute approximate surface area is 153 Å². The molecule has 0 fully saturated rings. The SMILES string of the molecule is O=P(OC/C=C/c1ccccc1)(Oc1ccccc1)Oc1ccccc1. The third kappa shape index (κ3) is 5.62. The summed E-state index contributed by atoms with van der Waals surface area (Å²) in [6.07, 6.45) is 3.65. The van der Waals surface area contributed by atoms with Gasteiger partial charge in [-0.1, -0.05) is 78.9 Å². The van der Waals surface area contributed by atoms with Crippen molar-refractivity contribution in [3.8, 4) is 11.5 Å². The molecule has 0 bridgehead atoms. The Morgan fingerprint density at radius 1 is 0.692 bits per heavy atom. The molecule has 3 aromatic rings. The van der Waals surface area contributed by atoms with Crippen molar-refractivity contribution < 1.29 is 18.1 Å².